The number of hydrogen-bond acceptors (Lipinski definition) is 3. The van der Waals surface area contributed by atoms with Crippen LogP contribution in [0.2, 0.25) is 0 Å². The van der Waals surface area contributed by atoms with E-state index in [4.69, 9.17) is 5.73 Å². The molecular formula is C11H21N3O2. The SMILES string of the molecule is NC(=O)CCCCNC(=O)C1CCCCN1. The Bertz CT molecular complexity index is 237. The van der Waals surface area contributed by atoms with E-state index in [1.54, 1.807) is 0 Å². The molecule has 0 aromatic heterocycles. The number of carbonyl (C=O) groups excluding carboxylic acids is 2. The van der Waals surface area contributed by atoms with Gasteiger partial charge >= 0.3 is 0 Å². The molecule has 1 atom stereocenters. The van der Waals surface area contributed by atoms with Gasteiger partial charge < -0.3 is 16.4 Å². The van der Waals surface area contributed by atoms with Crippen LogP contribution in [0.5, 0.6) is 0 Å². The lowest BCUT2D eigenvalue weighted by Gasteiger charge is -2.22. The van der Waals surface area contributed by atoms with E-state index in [0.717, 1.165) is 38.6 Å². The van der Waals surface area contributed by atoms with Gasteiger partial charge in [-0.15, -0.1) is 0 Å². The Morgan fingerprint density at radius 3 is 2.75 bits per heavy atom. The Balaban J connectivity index is 2.03. The highest BCUT2D eigenvalue weighted by molar-refractivity contribution is 5.81. The monoisotopic (exact) mass is 227 g/mol. The van der Waals surface area contributed by atoms with Crippen molar-refractivity contribution in [1.82, 2.24) is 10.6 Å². The lowest BCUT2D eigenvalue weighted by atomic mass is 10.0. The summed E-state index contributed by atoms with van der Waals surface area (Å²) >= 11 is 0. The van der Waals surface area contributed by atoms with Crippen molar-refractivity contribution in [2.24, 2.45) is 5.73 Å². The molecule has 92 valence electrons. The van der Waals surface area contributed by atoms with Crippen LogP contribution in [-0.4, -0.2) is 30.9 Å². The molecule has 0 aromatic carbocycles. The number of hydrogen-bond donors (Lipinski definition) is 3. The maximum atomic E-state index is 11.6. The average molecular weight is 227 g/mol. The first-order valence-electron chi connectivity index (χ1n) is 5.99. The van der Waals surface area contributed by atoms with Crippen LogP contribution in [0.3, 0.4) is 0 Å². The Morgan fingerprint density at radius 2 is 2.12 bits per heavy atom. The van der Waals surface area contributed by atoms with Crippen LogP contribution in [0, 0.1) is 0 Å². The Hall–Kier alpha value is -1.10. The van der Waals surface area contributed by atoms with Crippen molar-refractivity contribution in [2.45, 2.75) is 44.6 Å². The number of carbonyl (C=O) groups is 2. The number of piperidine rings is 1. The summed E-state index contributed by atoms with van der Waals surface area (Å²) in [5.41, 5.74) is 5.02. The molecule has 5 heteroatoms. The molecule has 0 spiro atoms. The zero-order valence-corrected chi connectivity index (χ0v) is 9.63. The molecule has 1 saturated heterocycles. The standard InChI is InChI=1S/C11H21N3O2/c12-10(15)6-2-4-8-14-11(16)9-5-1-3-7-13-9/h9,13H,1-8H2,(H2,12,15)(H,14,16). The van der Waals surface area contributed by atoms with Crippen molar-refractivity contribution in [3.63, 3.8) is 0 Å². The molecular weight excluding hydrogens is 206 g/mol. The second-order valence-corrected chi connectivity index (χ2v) is 4.22. The Kier molecular flexibility index (Phi) is 5.85. The molecule has 0 aliphatic carbocycles. The molecule has 2 amide bonds. The summed E-state index contributed by atoms with van der Waals surface area (Å²) < 4.78 is 0. The van der Waals surface area contributed by atoms with Crippen LogP contribution < -0.4 is 16.4 Å². The van der Waals surface area contributed by atoms with E-state index < -0.39 is 0 Å². The molecule has 16 heavy (non-hydrogen) atoms. The largest absolute Gasteiger partial charge is 0.370 e. The van der Waals surface area contributed by atoms with E-state index in [0.29, 0.717) is 13.0 Å². The zero-order valence-electron chi connectivity index (χ0n) is 9.63. The smallest absolute Gasteiger partial charge is 0.237 e. The van der Waals surface area contributed by atoms with E-state index in [1.165, 1.54) is 0 Å². The third kappa shape index (κ3) is 5.11. The van der Waals surface area contributed by atoms with Crippen LogP contribution in [0.25, 0.3) is 0 Å². The number of nitrogens with two attached hydrogens (primary N) is 1. The first-order chi connectivity index (χ1) is 7.70. The van der Waals surface area contributed by atoms with Gasteiger partial charge in [-0.25, -0.2) is 0 Å². The van der Waals surface area contributed by atoms with Gasteiger partial charge in [-0.1, -0.05) is 6.42 Å². The summed E-state index contributed by atoms with van der Waals surface area (Å²) in [5.74, 6) is -0.195. The molecule has 1 rings (SSSR count). The normalized spacial score (nSPS) is 20.4. The van der Waals surface area contributed by atoms with Gasteiger partial charge in [0.1, 0.15) is 0 Å². The van der Waals surface area contributed by atoms with Crippen LogP contribution in [-0.2, 0) is 9.59 Å². The molecule has 1 heterocycles. The molecule has 4 N–H and O–H groups in total. The minimum atomic E-state index is -0.278. The number of primary amides is 1. The minimum absolute atomic E-state index is 0.0232. The van der Waals surface area contributed by atoms with Gasteiger partial charge in [0.15, 0.2) is 0 Å². The van der Waals surface area contributed by atoms with E-state index >= 15 is 0 Å². The highest BCUT2D eigenvalue weighted by Crippen LogP contribution is 2.06. The van der Waals surface area contributed by atoms with Crippen molar-refractivity contribution in [3.8, 4) is 0 Å². The highest BCUT2D eigenvalue weighted by atomic mass is 16.2. The molecule has 0 bridgehead atoms. The van der Waals surface area contributed by atoms with E-state index in [2.05, 4.69) is 10.6 Å². The molecule has 1 unspecified atom stereocenters. The number of unbranched alkanes of at least 4 members (excludes halogenated alkanes) is 1. The number of amides is 2. The fraction of sp³-hybridized carbons (Fsp3) is 0.818. The summed E-state index contributed by atoms with van der Waals surface area (Å²) in [4.78, 5) is 22.1. The van der Waals surface area contributed by atoms with Crippen LogP contribution >= 0.6 is 0 Å². The summed E-state index contributed by atoms with van der Waals surface area (Å²) in [6.45, 7) is 1.56. The van der Waals surface area contributed by atoms with Gasteiger partial charge in [-0.2, -0.15) is 0 Å². The second-order valence-electron chi connectivity index (χ2n) is 4.22. The number of rotatable bonds is 6. The lowest BCUT2D eigenvalue weighted by Crippen LogP contribution is -2.46. The third-order valence-electron chi connectivity index (χ3n) is 2.78. The predicted molar refractivity (Wildman–Crippen MR) is 61.7 cm³/mol. The van der Waals surface area contributed by atoms with Gasteiger partial charge in [-0.3, -0.25) is 9.59 Å². The van der Waals surface area contributed by atoms with Crippen molar-refractivity contribution in [3.05, 3.63) is 0 Å². The first kappa shape index (κ1) is 13.0. The summed E-state index contributed by atoms with van der Waals surface area (Å²) in [5, 5.41) is 6.06. The van der Waals surface area contributed by atoms with E-state index in [1.807, 2.05) is 0 Å². The zero-order chi connectivity index (χ0) is 11.8. The summed E-state index contributed by atoms with van der Waals surface area (Å²) in [6, 6.07) is -0.0232. The second kappa shape index (κ2) is 7.22. The fourth-order valence-electron chi connectivity index (χ4n) is 1.83. The molecule has 5 nitrogen and oxygen atoms in total. The molecule has 0 aromatic rings. The third-order valence-corrected chi connectivity index (χ3v) is 2.78. The van der Waals surface area contributed by atoms with Crippen molar-refractivity contribution in [2.75, 3.05) is 13.1 Å². The van der Waals surface area contributed by atoms with E-state index in [9.17, 15) is 9.59 Å². The lowest BCUT2D eigenvalue weighted by molar-refractivity contribution is -0.123. The quantitative estimate of drug-likeness (QED) is 0.554. The van der Waals surface area contributed by atoms with Crippen LogP contribution in [0.1, 0.15) is 38.5 Å². The topological polar surface area (TPSA) is 84.2 Å². The van der Waals surface area contributed by atoms with Crippen molar-refractivity contribution >= 4 is 11.8 Å². The predicted octanol–water partition coefficient (Wildman–Crippen LogP) is -0.0997. The molecule has 1 fully saturated rings. The minimum Gasteiger partial charge on any atom is -0.370 e. The summed E-state index contributed by atoms with van der Waals surface area (Å²) in [7, 11) is 0. The Morgan fingerprint density at radius 1 is 1.31 bits per heavy atom. The number of nitrogens with one attached hydrogen (secondary N) is 2. The van der Waals surface area contributed by atoms with Gasteiger partial charge in [0.05, 0.1) is 6.04 Å². The Labute approximate surface area is 96.1 Å². The summed E-state index contributed by atoms with van der Waals surface area (Å²) in [6.07, 6.45) is 5.15. The van der Waals surface area contributed by atoms with E-state index in [-0.39, 0.29) is 17.9 Å². The molecule has 1 aliphatic heterocycles. The van der Waals surface area contributed by atoms with Crippen LogP contribution in [0.15, 0.2) is 0 Å². The molecule has 0 saturated carbocycles. The maximum absolute atomic E-state index is 11.6. The molecule has 1 aliphatic rings. The average Bonchev–Trinajstić information content (AvgIpc) is 2.29. The maximum Gasteiger partial charge on any atom is 0.237 e. The highest BCUT2D eigenvalue weighted by Gasteiger charge is 2.19. The first-order valence-corrected chi connectivity index (χ1v) is 5.99. The van der Waals surface area contributed by atoms with Crippen LogP contribution in [0.4, 0.5) is 0 Å². The van der Waals surface area contributed by atoms with Crippen molar-refractivity contribution < 1.29 is 9.59 Å². The van der Waals surface area contributed by atoms with Gasteiger partial charge in [-0.05, 0) is 32.2 Å². The van der Waals surface area contributed by atoms with Crippen molar-refractivity contribution in [1.29, 1.82) is 0 Å². The molecule has 0 radical (unpaired) electrons. The van der Waals surface area contributed by atoms with Gasteiger partial charge in [0.25, 0.3) is 0 Å². The van der Waals surface area contributed by atoms with Gasteiger partial charge in [0.2, 0.25) is 11.8 Å². The van der Waals surface area contributed by atoms with Gasteiger partial charge in [0, 0.05) is 13.0 Å². The fourth-order valence-corrected chi connectivity index (χ4v) is 1.83.